The number of benzene rings is 2. The van der Waals surface area contributed by atoms with Crippen molar-refractivity contribution in [1.29, 1.82) is 0 Å². The molecule has 174 valence electrons. The zero-order valence-electron chi connectivity index (χ0n) is 20.2. The molecule has 0 heterocycles. The zero-order chi connectivity index (χ0) is 23.5. The molecule has 2 atom stereocenters. The number of fused-ring (bicyclic) bond motifs is 2. The minimum atomic E-state index is -0.393. The maximum absolute atomic E-state index is 13.4. The van der Waals surface area contributed by atoms with Gasteiger partial charge in [-0.2, -0.15) is 0 Å². The van der Waals surface area contributed by atoms with Gasteiger partial charge in [0.25, 0.3) is 0 Å². The lowest BCUT2D eigenvalue weighted by Gasteiger charge is -2.19. The SMILES string of the molecule is CCc1ccc(CC)c(OC(=O)C2=C(C(=O)Oc3cc(CC)ccc3CC)C3CCC2C3)c1. The number of carbonyl (C=O) groups excluding carboxylic acids is 2. The molecule has 0 radical (unpaired) electrons. The van der Waals surface area contributed by atoms with Gasteiger partial charge >= 0.3 is 11.9 Å². The number of ether oxygens (including phenoxy) is 2. The minimum Gasteiger partial charge on any atom is -0.423 e. The molecule has 0 N–H and O–H groups in total. The van der Waals surface area contributed by atoms with Crippen molar-refractivity contribution in [1.82, 2.24) is 0 Å². The summed E-state index contributed by atoms with van der Waals surface area (Å²) >= 11 is 0. The molecule has 4 heteroatoms. The van der Waals surface area contributed by atoms with E-state index in [-0.39, 0.29) is 11.8 Å². The Balaban J connectivity index is 1.64. The standard InChI is InChI=1S/C29H34O4/c1-5-18-9-11-20(7-3)24(15-18)32-28(30)26-22-13-14-23(17-22)27(26)29(31)33-25-16-19(6-2)10-12-21(25)8-4/h9-12,15-16,22-23H,5-8,13-14,17H2,1-4H3. The fourth-order valence-electron chi connectivity index (χ4n) is 5.22. The molecule has 2 unspecified atom stereocenters. The van der Waals surface area contributed by atoms with Crippen LogP contribution >= 0.6 is 0 Å². The summed E-state index contributed by atoms with van der Waals surface area (Å²) in [4.78, 5) is 26.8. The van der Waals surface area contributed by atoms with Gasteiger partial charge in [-0.3, -0.25) is 0 Å². The quantitative estimate of drug-likeness (QED) is 0.359. The van der Waals surface area contributed by atoms with E-state index in [1.807, 2.05) is 38.1 Å². The van der Waals surface area contributed by atoms with Gasteiger partial charge in [0.05, 0.1) is 11.1 Å². The fraction of sp³-hybridized carbons (Fsp3) is 0.448. The second kappa shape index (κ2) is 9.94. The van der Waals surface area contributed by atoms with Crippen LogP contribution < -0.4 is 9.47 Å². The Labute approximate surface area is 197 Å². The van der Waals surface area contributed by atoms with E-state index in [4.69, 9.17) is 9.47 Å². The number of aryl methyl sites for hydroxylation is 4. The van der Waals surface area contributed by atoms with Crippen LogP contribution in [0.1, 0.15) is 69.2 Å². The van der Waals surface area contributed by atoms with Crippen molar-refractivity contribution in [2.45, 2.75) is 72.6 Å². The Morgan fingerprint density at radius 3 is 1.48 bits per heavy atom. The molecule has 1 saturated carbocycles. The summed E-state index contributed by atoms with van der Waals surface area (Å²) in [5, 5.41) is 0. The van der Waals surface area contributed by atoms with Gasteiger partial charge in [-0.25, -0.2) is 9.59 Å². The highest BCUT2D eigenvalue weighted by molar-refractivity contribution is 6.04. The summed E-state index contributed by atoms with van der Waals surface area (Å²) in [5.74, 6) is 0.585. The Morgan fingerprint density at radius 2 is 1.12 bits per heavy atom. The molecule has 0 amide bonds. The Hall–Kier alpha value is -2.88. The van der Waals surface area contributed by atoms with Gasteiger partial charge in [-0.05, 0) is 91.2 Å². The first-order valence-electron chi connectivity index (χ1n) is 12.4. The molecule has 2 aliphatic carbocycles. The third-order valence-corrected chi connectivity index (χ3v) is 7.23. The van der Waals surface area contributed by atoms with Crippen LogP contribution in [0, 0.1) is 11.8 Å². The van der Waals surface area contributed by atoms with Crippen LogP contribution in [-0.4, -0.2) is 11.9 Å². The second-order valence-corrected chi connectivity index (χ2v) is 9.11. The molecular weight excluding hydrogens is 412 g/mol. The lowest BCUT2D eigenvalue weighted by atomic mass is 9.91. The van der Waals surface area contributed by atoms with Gasteiger partial charge in [0.1, 0.15) is 11.5 Å². The van der Waals surface area contributed by atoms with Gasteiger partial charge < -0.3 is 9.47 Å². The largest absolute Gasteiger partial charge is 0.423 e. The lowest BCUT2D eigenvalue weighted by molar-refractivity contribution is -0.133. The third kappa shape index (κ3) is 4.62. The predicted octanol–water partition coefficient (Wildman–Crippen LogP) is 6.17. The molecule has 4 nitrogen and oxygen atoms in total. The van der Waals surface area contributed by atoms with E-state index in [1.54, 1.807) is 0 Å². The summed E-state index contributed by atoms with van der Waals surface area (Å²) in [6, 6.07) is 12.1. The van der Waals surface area contributed by atoms with Gasteiger partial charge in [-0.15, -0.1) is 0 Å². The summed E-state index contributed by atoms with van der Waals surface area (Å²) in [6.07, 6.45) is 5.98. The second-order valence-electron chi connectivity index (χ2n) is 9.11. The van der Waals surface area contributed by atoms with Gasteiger partial charge in [0, 0.05) is 0 Å². The predicted molar refractivity (Wildman–Crippen MR) is 130 cm³/mol. The summed E-state index contributed by atoms with van der Waals surface area (Å²) < 4.78 is 11.8. The number of carbonyl (C=O) groups is 2. The minimum absolute atomic E-state index is 0.0807. The summed E-state index contributed by atoms with van der Waals surface area (Å²) in [6.45, 7) is 8.26. The van der Waals surface area contributed by atoms with Crippen molar-refractivity contribution in [2.75, 3.05) is 0 Å². The summed E-state index contributed by atoms with van der Waals surface area (Å²) in [7, 11) is 0. The molecule has 0 spiro atoms. The Bertz CT molecular complexity index is 1010. The van der Waals surface area contributed by atoms with E-state index < -0.39 is 11.9 Å². The lowest BCUT2D eigenvalue weighted by Crippen LogP contribution is -2.24. The number of rotatable bonds is 8. The molecule has 2 aromatic rings. The van der Waals surface area contributed by atoms with Gasteiger partial charge in [0.15, 0.2) is 0 Å². The van der Waals surface area contributed by atoms with Crippen LogP contribution in [0.15, 0.2) is 47.5 Å². The van der Waals surface area contributed by atoms with Crippen LogP contribution in [0.4, 0.5) is 0 Å². The highest BCUT2D eigenvalue weighted by atomic mass is 16.5. The van der Waals surface area contributed by atoms with Crippen molar-refractivity contribution in [2.24, 2.45) is 11.8 Å². The fourth-order valence-corrected chi connectivity index (χ4v) is 5.22. The first-order chi connectivity index (χ1) is 16.0. The number of esters is 2. The van der Waals surface area contributed by atoms with Gasteiger partial charge in [0.2, 0.25) is 0 Å². The molecule has 2 aliphatic rings. The molecule has 1 fully saturated rings. The molecule has 0 saturated heterocycles. The Morgan fingerprint density at radius 1 is 0.697 bits per heavy atom. The highest BCUT2D eigenvalue weighted by Crippen LogP contribution is 2.49. The van der Waals surface area contributed by atoms with Crippen LogP contribution in [-0.2, 0) is 35.3 Å². The maximum atomic E-state index is 13.4. The first kappa shape index (κ1) is 23.3. The molecular formula is C29H34O4. The van der Waals surface area contributed by atoms with Crippen molar-refractivity contribution in [3.8, 4) is 11.5 Å². The van der Waals surface area contributed by atoms with Crippen LogP contribution in [0.3, 0.4) is 0 Å². The average Bonchev–Trinajstić information content (AvgIpc) is 3.45. The number of hydrogen-bond acceptors (Lipinski definition) is 4. The van der Waals surface area contributed by atoms with E-state index in [2.05, 4.69) is 26.0 Å². The molecule has 4 rings (SSSR count). The molecule has 33 heavy (non-hydrogen) atoms. The van der Waals surface area contributed by atoms with Crippen LogP contribution in [0.25, 0.3) is 0 Å². The smallest absolute Gasteiger partial charge is 0.340 e. The van der Waals surface area contributed by atoms with E-state index >= 15 is 0 Å². The van der Waals surface area contributed by atoms with Crippen molar-refractivity contribution < 1.29 is 19.1 Å². The molecule has 0 aromatic heterocycles. The van der Waals surface area contributed by atoms with E-state index in [0.717, 1.165) is 67.2 Å². The molecule has 0 aliphatic heterocycles. The maximum Gasteiger partial charge on any atom is 0.340 e. The van der Waals surface area contributed by atoms with Crippen molar-refractivity contribution >= 4 is 11.9 Å². The molecule has 2 bridgehead atoms. The van der Waals surface area contributed by atoms with Gasteiger partial charge in [-0.1, -0.05) is 52.0 Å². The summed E-state index contributed by atoms with van der Waals surface area (Å²) in [5.41, 5.74) is 5.31. The van der Waals surface area contributed by atoms with E-state index in [9.17, 15) is 9.59 Å². The van der Waals surface area contributed by atoms with Crippen molar-refractivity contribution in [3.05, 3.63) is 69.8 Å². The number of hydrogen-bond donors (Lipinski definition) is 0. The average molecular weight is 447 g/mol. The van der Waals surface area contributed by atoms with Crippen molar-refractivity contribution in [3.63, 3.8) is 0 Å². The molecule has 2 aromatic carbocycles. The zero-order valence-corrected chi connectivity index (χ0v) is 20.2. The van der Waals surface area contributed by atoms with Crippen LogP contribution in [0.2, 0.25) is 0 Å². The normalized spacial score (nSPS) is 19.2. The topological polar surface area (TPSA) is 52.6 Å². The highest BCUT2D eigenvalue weighted by Gasteiger charge is 2.46. The van der Waals surface area contributed by atoms with E-state index in [1.165, 1.54) is 0 Å². The third-order valence-electron chi connectivity index (χ3n) is 7.23. The first-order valence-corrected chi connectivity index (χ1v) is 12.4. The van der Waals surface area contributed by atoms with E-state index in [0.29, 0.717) is 22.6 Å². The van der Waals surface area contributed by atoms with Crippen LogP contribution in [0.5, 0.6) is 11.5 Å². The Kier molecular flexibility index (Phi) is 7.02. The monoisotopic (exact) mass is 446 g/mol.